The lowest BCUT2D eigenvalue weighted by molar-refractivity contribution is -0.120. The monoisotopic (exact) mass is 649 g/mol. The van der Waals surface area contributed by atoms with E-state index < -0.39 is 16.4 Å². The van der Waals surface area contributed by atoms with E-state index >= 15 is 0 Å². The second-order valence-electron chi connectivity index (χ2n) is 13.3. The molecule has 7 heteroatoms. The number of amides is 2. The zero-order valence-corrected chi connectivity index (χ0v) is 29.0. The Morgan fingerprint density at radius 3 is 1.91 bits per heavy atom. The molecule has 0 spiro atoms. The van der Waals surface area contributed by atoms with E-state index in [9.17, 15) is 9.59 Å². The van der Waals surface area contributed by atoms with Crippen molar-refractivity contribution in [3.8, 4) is 0 Å². The molecule has 0 bridgehead atoms. The summed E-state index contributed by atoms with van der Waals surface area (Å²) < 4.78 is 5.20. The first-order valence-corrected chi connectivity index (χ1v) is 17.5. The van der Waals surface area contributed by atoms with Crippen molar-refractivity contribution in [1.29, 1.82) is 0 Å². The highest BCUT2D eigenvalue weighted by atomic mass is 32.2. The van der Waals surface area contributed by atoms with Crippen LogP contribution in [0.1, 0.15) is 61.4 Å². The zero-order valence-electron chi connectivity index (χ0n) is 28.2. The first-order chi connectivity index (χ1) is 22.6. The fraction of sp³-hybridized carbons (Fsp3) is 0.350. The van der Waals surface area contributed by atoms with Gasteiger partial charge in [0, 0.05) is 18.0 Å². The van der Waals surface area contributed by atoms with Crippen LogP contribution in [0, 0.1) is 13.8 Å². The van der Waals surface area contributed by atoms with Gasteiger partial charge >= 0.3 is 6.09 Å². The molecule has 2 N–H and O–H groups in total. The van der Waals surface area contributed by atoms with Gasteiger partial charge in [-0.05, 0) is 87.9 Å². The van der Waals surface area contributed by atoms with Crippen LogP contribution in [0.4, 0.5) is 10.5 Å². The van der Waals surface area contributed by atoms with Crippen LogP contribution < -0.4 is 10.6 Å². The molecule has 4 aromatic carbocycles. The van der Waals surface area contributed by atoms with E-state index in [-0.39, 0.29) is 18.0 Å². The molecule has 1 heterocycles. The molecule has 0 aromatic heterocycles. The highest BCUT2D eigenvalue weighted by molar-refractivity contribution is 8.00. The molecule has 1 fully saturated rings. The molecule has 1 aliphatic heterocycles. The fourth-order valence-electron chi connectivity index (χ4n) is 6.34. The minimum atomic E-state index is -0.634. The zero-order chi connectivity index (χ0) is 33.4. The van der Waals surface area contributed by atoms with Crippen LogP contribution >= 0.6 is 11.8 Å². The van der Waals surface area contributed by atoms with Gasteiger partial charge in [0.1, 0.15) is 5.60 Å². The third-order valence-corrected chi connectivity index (χ3v) is 10.5. The molecule has 1 aliphatic rings. The molecule has 0 saturated carbocycles. The number of thioether (sulfide) groups is 1. The summed E-state index contributed by atoms with van der Waals surface area (Å²) in [4.78, 5) is 29.2. The Morgan fingerprint density at radius 1 is 0.830 bits per heavy atom. The van der Waals surface area contributed by atoms with Crippen LogP contribution in [-0.2, 0) is 14.3 Å². The molecule has 5 rings (SSSR count). The number of alkyl carbamates (subject to hydrolysis) is 1. The smallest absolute Gasteiger partial charge is 0.407 e. The van der Waals surface area contributed by atoms with Crippen LogP contribution in [0.2, 0.25) is 0 Å². The summed E-state index contributed by atoms with van der Waals surface area (Å²) in [6.07, 6.45) is 1.23. The van der Waals surface area contributed by atoms with Gasteiger partial charge in [-0.2, -0.15) is 0 Å². The fourth-order valence-corrected chi connectivity index (χ4v) is 7.88. The highest BCUT2D eigenvalue weighted by Gasteiger charge is 2.39. The molecule has 2 atom stereocenters. The predicted octanol–water partition coefficient (Wildman–Crippen LogP) is 8.32. The number of benzene rings is 4. The summed E-state index contributed by atoms with van der Waals surface area (Å²) in [6, 6.07) is 37.1. The summed E-state index contributed by atoms with van der Waals surface area (Å²) in [5.41, 5.74) is 5.90. The number of hydrogen-bond donors (Lipinski definition) is 2. The van der Waals surface area contributed by atoms with E-state index in [1.807, 2.05) is 58.0 Å². The quantitative estimate of drug-likeness (QED) is 0.160. The largest absolute Gasteiger partial charge is 0.444 e. The topological polar surface area (TPSA) is 70.7 Å². The first-order valence-electron chi connectivity index (χ1n) is 16.5. The minimum absolute atomic E-state index is 0.00734. The third-order valence-electron chi connectivity index (χ3n) is 8.75. The molecule has 0 unspecified atom stereocenters. The SMILES string of the molecule is Cc1cccc(NC(=O)[C@@H]2CCCN2C[C@H](CSC(c2ccccc2)(c2ccccc2)c2ccccc2)NC(=O)OC(C)(C)C)c1C. The van der Waals surface area contributed by atoms with Gasteiger partial charge in [0.25, 0.3) is 0 Å². The second kappa shape index (κ2) is 15.2. The number of aryl methyl sites for hydroxylation is 1. The van der Waals surface area contributed by atoms with Gasteiger partial charge in [0.15, 0.2) is 0 Å². The highest BCUT2D eigenvalue weighted by Crippen LogP contribution is 2.48. The lowest BCUT2D eigenvalue weighted by Gasteiger charge is -2.37. The Labute approximate surface area is 284 Å². The maximum absolute atomic E-state index is 13.7. The number of hydrogen-bond acceptors (Lipinski definition) is 5. The van der Waals surface area contributed by atoms with Crippen molar-refractivity contribution in [2.24, 2.45) is 0 Å². The lowest BCUT2D eigenvalue weighted by Crippen LogP contribution is -2.50. The summed E-state index contributed by atoms with van der Waals surface area (Å²) in [7, 11) is 0. The number of likely N-dealkylation sites (tertiary alicyclic amines) is 1. The summed E-state index contributed by atoms with van der Waals surface area (Å²) in [5, 5.41) is 6.39. The molecular weight excluding hydrogens is 603 g/mol. The number of rotatable bonds is 11. The van der Waals surface area contributed by atoms with Crippen molar-refractivity contribution in [2.45, 2.75) is 69.9 Å². The number of anilines is 1. The van der Waals surface area contributed by atoms with Gasteiger partial charge in [-0.25, -0.2) is 4.79 Å². The van der Waals surface area contributed by atoms with Crippen LogP contribution in [0.5, 0.6) is 0 Å². The maximum Gasteiger partial charge on any atom is 0.407 e. The van der Waals surface area contributed by atoms with E-state index in [0.717, 1.165) is 52.9 Å². The Morgan fingerprint density at radius 2 is 1.38 bits per heavy atom. The molecular formula is C40H47N3O3S. The van der Waals surface area contributed by atoms with Gasteiger partial charge in [-0.15, -0.1) is 11.8 Å². The number of carbonyl (C=O) groups excluding carboxylic acids is 2. The number of carbonyl (C=O) groups is 2. The molecule has 1 saturated heterocycles. The lowest BCUT2D eigenvalue weighted by atomic mass is 9.84. The molecule has 47 heavy (non-hydrogen) atoms. The first kappa shape index (κ1) is 34.3. The van der Waals surface area contributed by atoms with Gasteiger partial charge in [0.2, 0.25) is 5.91 Å². The van der Waals surface area contributed by atoms with Crippen molar-refractivity contribution in [1.82, 2.24) is 10.2 Å². The Balaban J connectivity index is 1.46. The van der Waals surface area contributed by atoms with E-state index in [1.54, 1.807) is 11.8 Å². The molecule has 4 aromatic rings. The van der Waals surface area contributed by atoms with E-state index in [1.165, 1.54) is 0 Å². The summed E-state index contributed by atoms with van der Waals surface area (Å²) in [5.74, 6) is 0.576. The Hall–Kier alpha value is -4.07. The van der Waals surface area contributed by atoms with E-state index in [0.29, 0.717) is 12.3 Å². The number of ether oxygens (including phenoxy) is 1. The molecule has 0 aliphatic carbocycles. The molecule has 2 amide bonds. The Kier molecular flexibility index (Phi) is 11.1. The van der Waals surface area contributed by atoms with Crippen molar-refractivity contribution in [2.75, 3.05) is 24.2 Å². The van der Waals surface area contributed by atoms with Crippen LogP contribution in [0.15, 0.2) is 109 Å². The molecule has 246 valence electrons. The minimum Gasteiger partial charge on any atom is -0.444 e. The number of nitrogens with zero attached hydrogens (tertiary/aromatic N) is 1. The summed E-state index contributed by atoms with van der Waals surface area (Å²) >= 11 is 1.80. The van der Waals surface area contributed by atoms with Gasteiger partial charge in [-0.3, -0.25) is 9.69 Å². The van der Waals surface area contributed by atoms with Crippen LogP contribution in [0.3, 0.4) is 0 Å². The van der Waals surface area contributed by atoms with Crippen molar-refractivity contribution in [3.63, 3.8) is 0 Å². The Bertz CT molecular complexity index is 1530. The molecule has 6 nitrogen and oxygen atoms in total. The van der Waals surface area contributed by atoms with Crippen LogP contribution in [-0.4, -0.2) is 53.4 Å². The average Bonchev–Trinajstić information content (AvgIpc) is 3.52. The van der Waals surface area contributed by atoms with Gasteiger partial charge in [-0.1, -0.05) is 103 Å². The predicted molar refractivity (Wildman–Crippen MR) is 194 cm³/mol. The van der Waals surface area contributed by atoms with E-state index in [2.05, 4.69) is 101 Å². The third kappa shape index (κ3) is 8.45. The molecule has 0 radical (unpaired) electrons. The standard InChI is InChI=1S/C40H47N3O3S/c1-29-17-15-24-35(30(29)2)42-37(44)36-25-16-26-43(36)27-34(41-38(45)46-39(3,4)5)28-47-40(31-18-9-6-10-19-31,32-20-11-7-12-21-32)33-22-13-8-14-23-33/h6-15,17-24,34,36H,16,25-28H2,1-5H3,(H,41,45)(H,42,44)/t34-,36+/m1/s1. The van der Waals surface area contributed by atoms with Crippen molar-refractivity contribution in [3.05, 3.63) is 137 Å². The van der Waals surface area contributed by atoms with Crippen molar-refractivity contribution >= 4 is 29.4 Å². The maximum atomic E-state index is 13.7. The second-order valence-corrected chi connectivity index (χ2v) is 14.6. The average molecular weight is 650 g/mol. The van der Waals surface area contributed by atoms with E-state index in [4.69, 9.17) is 4.74 Å². The van der Waals surface area contributed by atoms with Crippen molar-refractivity contribution < 1.29 is 14.3 Å². The normalized spacial score (nSPS) is 16.0. The number of nitrogens with one attached hydrogen (secondary N) is 2. The summed E-state index contributed by atoms with van der Waals surface area (Å²) in [6.45, 7) is 11.0. The van der Waals surface area contributed by atoms with Gasteiger partial charge in [0.05, 0.1) is 16.8 Å². The van der Waals surface area contributed by atoms with Crippen LogP contribution in [0.25, 0.3) is 0 Å². The van der Waals surface area contributed by atoms with Gasteiger partial charge < -0.3 is 15.4 Å².